The van der Waals surface area contributed by atoms with Crippen molar-refractivity contribution >= 4 is 104 Å². The summed E-state index contributed by atoms with van der Waals surface area (Å²) in [6.07, 6.45) is 2.22. The number of aromatic nitrogens is 2. The van der Waals surface area contributed by atoms with Gasteiger partial charge in [-0.1, -0.05) is 110 Å². The third-order valence-electron chi connectivity index (χ3n) is 12.2. The highest BCUT2D eigenvalue weighted by atomic mass is 16.3. The Kier molecular flexibility index (Phi) is 5.51. The summed E-state index contributed by atoms with van der Waals surface area (Å²) in [5.74, 6) is 0. The predicted octanol–water partition coefficient (Wildman–Crippen LogP) is 13.5. The fraction of sp³-hybridized carbons (Fsp3) is 0. The Morgan fingerprint density at radius 1 is 0.400 bits per heavy atom. The van der Waals surface area contributed by atoms with Crippen molar-refractivity contribution in [1.29, 1.82) is 0 Å². The highest BCUT2D eigenvalue weighted by Crippen LogP contribution is 2.49. The summed E-state index contributed by atoms with van der Waals surface area (Å²) < 4.78 is 11.1. The van der Waals surface area contributed by atoms with Crippen molar-refractivity contribution in [1.82, 2.24) is 9.13 Å². The number of benzene rings is 8. The fourth-order valence-electron chi connectivity index (χ4n) is 9.98. The van der Waals surface area contributed by atoms with Gasteiger partial charge in [0.05, 0.1) is 16.6 Å². The molecule has 55 heavy (non-hydrogen) atoms. The average molecular weight is 699 g/mol. The molecule has 0 atom stereocenters. The van der Waals surface area contributed by atoms with E-state index in [1.54, 1.807) is 0 Å². The molecule has 254 valence electrons. The van der Waals surface area contributed by atoms with Crippen LogP contribution in [0.1, 0.15) is 0 Å². The molecule has 0 radical (unpaired) electrons. The Morgan fingerprint density at radius 3 is 1.98 bits per heavy atom. The van der Waals surface area contributed by atoms with E-state index in [2.05, 4.69) is 167 Å². The van der Waals surface area contributed by atoms with E-state index >= 15 is 0 Å². The molecule has 0 unspecified atom stereocenters. The lowest BCUT2D eigenvalue weighted by Gasteiger charge is -2.15. The lowest BCUT2D eigenvalue weighted by atomic mass is 9.94. The van der Waals surface area contributed by atoms with Gasteiger partial charge in [0.1, 0.15) is 11.2 Å². The van der Waals surface area contributed by atoms with E-state index in [0.717, 1.165) is 65.9 Å². The summed E-state index contributed by atoms with van der Waals surface area (Å²) in [5, 5.41) is 17.2. The summed E-state index contributed by atoms with van der Waals surface area (Å²) >= 11 is 0. The van der Waals surface area contributed by atoms with Gasteiger partial charge < -0.3 is 13.6 Å². The molecular formula is C52H30N2O. The number of furan rings is 1. The van der Waals surface area contributed by atoms with Gasteiger partial charge in [-0.05, 0) is 115 Å². The molecular weight excluding hydrogens is 669 g/mol. The molecule has 10 aromatic carbocycles. The van der Waals surface area contributed by atoms with Crippen molar-refractivity contribution in [2.24, 2.45) is 0 Å². The molecule has 2 bridgehead atoms. The SMILES string of the molecule is C=c1c2cccn(-c3cccc(-c4cccc5oc6ccccc6c45)c3)c3ccc4c(c13)c1c3c5c(cccc5c5cccc2c53)cc1n4-c1ccccc1. The van der Waals surface area contributed by atoms with Crippen LogP contribution in [-0.4, -0.2) is 9.13 Å². The summed E-state index contributed by atoms with van der Waals surface area (Å²) in [5.41, 5.74) is 9.81. The zero-order valence-corrected chi connectivity index (χ0v) is 29.7. The molecule has 0 saturated heterocycles. The molecule has 0 aliphatic heterocycles. The standard InChI is InChI=1S/C52H30N2O/c1-30-35-22-11-27-53(34-16-7-12-31(28-34)36-18-10-24-45-48(36)40-17-5-6-23-44(40)55-45)41-25-26-42-50(46(30)41)51-43(54(42)33-14-3-2-4-15-33)29-32-13-8-19-38-39-21-9-20-37(35)49(39)52(51)47(32)38/h2-29H,1H2. The number of rotatable bonds is 3. The smallest absolute Gasteiger partial charge is 0.136 e. The van der Waals surface area contributed by atoms with Crippen LogP contribution in [0.3, 0.4) is 0 Å². The molecule has 3 nitrogen and oxygen atoms in total. The Morgan fingerprint density at radius 2 is 1.07 bits per heavy atom. The van der Waals surface area contributed by atoms with Crippen LogP contribution in [0.5, 0.6) is 0 Å². The number of fused-ring (bicyclic) bond motifs is 6. The first kappa shape index (κ1) is 29.1. The van der Waals surface area contributed by atoms with Crippen LogP contribution in [0.15, 0.2) is 174 Å². The predicted molar refractivity (Wildman–Crippen MR) is 232 cm³/mol. The lowest BCUT2D eigenvalue weighted by Crippen LogP contribution is -2.05. The summed E-state index contributed by atoms with van der Waals surface area (Å²) in [6, 6.07) is 59.5. The molecule has 0 spiro atoms. The van der Waals surface area contributed by atoms with Crippen LogP contribution in [0, 0.1) is 0 Å². The minimum absolute atomic E-state index is 0.897. The van der Waals surface area contributed by atoms with E-state index in [1.165, 1.54) is 59.5 Å². The first-order valence-electron chi connectivity index (χ1n) is 18.9. The fourth-order valence-corrected chi connectivity index (χ4v) is 9.98. The van der Waals surface area contributed by atoms with Crippen LogP contribution in [0.25, 0.3) is 127 Å². The van der Waals surface area contributed by atoms with Gasteiger partial charge in [-0.25, -0.2) is 0 Å². The number of hydrogen-bond donors (Lipinski definition) is 0. The van der Waals surface area contributed by atoms with Gasteiger partial charge >= 0.3 is 0 Å². The van der Waals surface area contributed by atoms with E-state index in [-0.39, 0.29) is 0 Å². The van der Waals surface area contributed by atoms with Crippen LogP contribution in [-0.2, 0) is 0 Å². The molecule has 0 aliphatic carbocycles. The number of hydrogen-bond acceptors (Lipinski definition) is 1. The maximum absolute atomic E-state index is 6.30. The van der Waals surface area contributed by atoms with Crippen LogP contribution in [0.2, 0.25) is 0 Å². The Bertz CT molecular complexity index is 3790. The lowest BCUT2D eigenvalue weighted by molar-refractivity contribution is 0.669. The Balaban J connectivity index is 1.22. The Hall–Kier alpha value is -7.36. The molecule has 13 rings (SSSR count). The molecule has 0 amide bonds. The summed E-state index contributed by atoms with van der Waals surface area (Å²) in [7, 11) is 0. The van der Waals surface area contributed by atoms with E-state index in [1.807, 2.05) is 12.1 Å². The number of para-hydroxylation sites is 2. The maximum Gasteiger partial charge on any atom is 0.136 e. The molecule has 0 saturated carbocycles. The molecule has 3 aromatic heterocycles. The second-order valence-corrected chi connectivity index (χ2v) is 14.9. The molecule has 0 N–H and O–H groups in total. The minimum atomic E-state index is 0.897. The molecule has 3 heterocycles. The highest BCUT2D eigenvalue weighted by molar-refractivity contribution is 6.45. The topological polar surface area (TPSA) is 23.0 Å². The normalized spacial score (nSPS) is 12.4. The van der Waals surface area contributed by atoms with Gasteiger partial charge in [-0.15, -0.1) is 0 Å². The van der Waals surface area contributed by atoms with Crippen molar-refractivity contribution in [3.63, 3.8) is 0 Å². The zero-order chi connectivity index (χ0) is 35.9. The average Bonchev–Trinajstić information content (AvgIpc) is 3.88. The van der Waals surface area contributed by atoms with E-state index in [4.69, 9.17) is 11.0 Å². The van der Waals surface area contributed by atoms with Crippen molar-refractivity contribution in [3.8, 4) is 22.5 Å². The van der Waals surface area contributed by atoms with Gasteiger partial charge in [-0.2, -0.15) is 0 Å². The second-order valence-electron chi connectivity index (χ2n) is 14.9. The third-order valence-corrected chi connectivity index (χ3v) is 12.2. The van der Waals surface area contributed by atoms with Crippen molar-refractivity contribution in [2.45, 2.75) is 0 Å². The van der Waals surface area contributed by atoms with Gasteiger partial charge in [0, 0.05) is 49.9 Å². The minimum Gasteiger partial charge on any atom is -0.456 e. The molecule has 13 aromatic rings. The number of nitrogens with zero attached hydrogens (tertiary/aromatic N) is 2. The molecule has 0 fully saturated rings. The van der Waals surface area contributed by atoms with Gasteiger partial charge in [0.15, 0.2) is 0 Å². The first-order valence-corrected chi connectivity index (χ1v) is 18.9. The monoisotopic (exact) mass is 698 g/mol. The maximum atomic E-state index is 6.30. The molecule has 0 aliphatic rings. The third kappa shape index (κ3) is 3.69. The van der Waals surface area contributed by atoms with Crippen molar-refractivity contribution < 1.29 is 4.42 Å². The summed E-state index contributed by atoms with van der Waals surface area (Å²) in [6.45, 7) is 4.97. The zero-order valence-electron chi connectivity index (χ0n) is 29.7. The highest BCUT2D eigenvalue weighted by Gasteiger charge is 2.25. The van der Waals surface area contributed by atoms with Gasteiger partial charge in [-0.3, -0.25) is 0 Å². The second kappa shape index (κ2) is 10.4. The van der Waals surface area contributed by atoms with Crippen LogP contribution in [0.4, 0.5) is 0 Å². The first-order chi connectivity index (χ1) is 27.2. The van der Waals surface area contributed by atoms with Crippen LogP contribution >= 0.6 is 0 Å². The van der Waals surface area contributed by atoms with Gasteiger partial charge in [0.2, 0.25) is 0 Å². The molecule has 3 heteroatoms. The van der Waals surface area contributed by atoms with E-state index in [0.29, 0.717) is 0 Å². The van der Waals surface area contributed by atoms with Crippen molar-refractivity contribution in [2.75, 3.05) is 0 Å². The quantitative estimate of drug-likeness (QED) is 0.180. The Labute approximate surface area is 314 Å². The largest absolute Gasteiger partial charge is 0.456 e. The van der Waals surface area contributed by atoms with E-state index in [9.17, 15) is 0 Å². The van der Waals surface area contributed by atoms with E-state index < -0.39 is 0 Å². The van der Waals surface area contributed by atoms with Gasteiger partial charge in [0.25, 0.3) is 0 Å². The van der Waals surface area contributed by atoms with Crippen LogP contribution < -0.4 is 5.22 Å². The van der Waals surface area contributed by atoms with Crippen molar-refractivity contribution in [3.05, 3.63) is 175 Å². The summed E-state index contributed by atoms with van der Waals surface area (Å²) in [4.78, 5) is 0.